The van der Waals surface area contributed by atoms with Gasteiger partial charge in [-0.25, -0.2) is 0 Å². The van der Waals surface area contributed by atoms with Crippen LogP contribution in [-0.2, 0) is 0 Å². The summed E-state index contributed by atoms with van der Waals surface area (Å²) in [6, 6.07) is 0. The van der Waals surface area contributed by atoms with Gasteiger partial charge in [0.2, 0.25) is 0 Å². The third-order valence-corrected chi connectivity index (χ3v) is 2.76. The Hall–Kier alpha value is -0.720. The molecule has 0 saturated heterocycles. The Labute approximate surface area is 116 Å². The fraction of sp³-hybridized carbons (Fsp3) is 0.765. The highest BCUT2D eigenvalue weighted by molar-refractivity contribution is 4.85. The maximum Gasteiger partial charge on any atom is 0.000744 e. The van der Waals surface area contributed by atoms with E-state index in [0.717, 1.165) is 12.1 Å². The molecule has 0 saturated carbocycles. The molecule has 0 aromatic carbocycles. The molecule has 0 bridgehead atoms. The van der Waals surface area contributed by atoms with Crippen molar-refractivity contribution >= 4 is 0 Å². The molecule has 18 heavy (non-hydrogen) atoms. The van der Waals surface area contributed by atoms with Crippen LogP contribution in [-0.4, -0.2) is 0 Å². The van der Waals surface area contributed by atoms with Crippen LogP contribution in [0.5, 0.6) is 0 Å². The fourth-order valence-electron chi connectivity index (χ4n) is 1.72. The van der Waals surface area contributed by atoms with Gasteiger partial charge in [0, 0.05) is 5.70 Å². The first-order valence-electron chi connectivity index (χ1n) is 7.85. The maximum atomic E-state index is 5.50. The lowest BCUT2D eigenvalue weighted by Gasteiger charge is -1.98. The molecule has 0 heterocycles. The monoisotopic (exact) mass is 253 g/mol. The molecule has 1 nitrogen and oxygen atoms in total. The molecule has 0 aliphatic carbocycles. The lowest BCUT2D eigenvalue weighted by molar-refractivity contribution is 0.668. The van der Waals surface area contributed by atoms with Crippen LogP contribution < -0.4 is 5.73 Å². The van der Waals surface area contributed by atoms with Gasteiger partial charge in [-0.15, -0.1) is 0 Å². The minimum atomic E-state index is 0.825. The molecule has 0 aliphatic heterocycles. The Kier molecular flexibility index (Phi) is 20.3. The van der Waals surface area contributed by atoms with Gasteiger partial charge in [0.15, 0.2) is 0 Å². The molecule has 0 radical (unpaired) electrons. The lowest BCUT2D eigenvalue weighted by Crippen LogP contribution is -1.93. The molecular weight excluding hydrogens is 218 g/mol. The van der Waals surface area contributed by atoms with Gasteiger partial charge >= 0.3 is 0 Å². The second kappa shape index (κ2) is 18.6. The maximum absolute atomic E-state index is 5.50. The number of hydrogen-bond donors (Lipinski definition) is 1. The summed E-state index contributed by atoms with van der Waals surface area (Å²) in [5.74, 6) is 0. The number of allylic oxidation sites excluding steroid dienone is 3. The molecule has 2 N–H and O–H groups in total. The zero-order valence-corrected chi connectivity index (χ0v) is 13.0. The highest BCUT2D eigenvalue weighted by atomic mass is 14.5. The smallest absolute Gasteiger partial charge is 0.000744 e. The van der Waals surface area contributed by atoms with Crippen molar-refractivity contribution in [2.24, 2.45) is 5.73 Å². The molecule has 0 amide bonds. The molecule has 0 unspecified atom stereocenters. The second-order valence-electron chi connectivity index (χ2n) is 4.58. The summed E-state index contributed by atoms with van der Waals surface area (Å²) in [5.41, 5.74) is 6.33. The Morgan fingerprint density at radius 1 is 0.889 bits per heavy atom. The molecule has 0 aliphatic rings. The molecule has 0 aromatic heterocycles. The SMILES string of the molecule is C=C(N)CCCCC/C=C\CCCCCC.CC. The zero-order valence-electron chi connectivity index (χ0n) is 13.0. The minimum absolute atomic E-state index is 0.825. The van der Waals surface area contributed by atoms with Crippen LogP contribution in [0.25, 0.3) is 0 Å². The molecule has 0 atom stereocenters. The second-order valence-corrected chi connectivity index (χ2v) is 4.58. The molecule has 1 heteroatoms. The Morgan fingerprint density at radius 3 is 1.83 bits per heavy atom. The van der Waals surface area contributed by atoms with Crippen LogP contribution in [0.2, 0.25) is 0 Å². The topological polar surface area (TPSA) is 26.0 Å². The molecule has 0 aromatic rings. The number of nitrogens with two attached hydrogens (primary N) is 1. The largest absolute Gasteiger partial charge is 0.403 e. The third kappa shape index (κ3) is 20.7. The summed E-state index contributed by atoms with van der Waals surface area (Å²) in [6.45, 7) is 9.96. The number of rotatable bonds is 11. The standard InChI is InChI=1S/C15H29N.C2H6/c1-3-4-5-6-7-8-9-10-11-12-13-14-15(2)16;1-2/h8-9H,2-7,10-14,16H2,1H3;1-2H3/b9-8-;. The molecule has 108 valence electrons. The van der Waals surface area contributed by atoms with Crippen LogP contribution in [0.4, 0.5) is 0 Å². The van der Waals surface area contributed by atoms with E-state index in [4.69, 9.17) is 5.73 Å². The summed E-state index contributed by atoms with van der Waals surface area (Å²) in [7, 11) is 0. The Balaban J connectivity index is 0. The first-order chi connectivity index (χ1) is 8.77. The van der Waals surface area contributed by atoms with Crippen molar-refractivity contribution in [2.75, 3.05) is 0 Å². The highest BCUT2D eigenvalue weighted by Crippen LogP contribution is 2.07. The van der Waals surface area contributed by atoms with E-state index in [-0.39, 0.29) is 0 Å². The van der Waals surface area contributed by atoms with Crippen molar-refractivity contribution in [2.45, 2.75) is 85.0 Å². The normalized spacial score (nSPS) is 10.2. The van der Waals surface area contributed by atoms with Gasteiger partial charge in [0.25, 0.3) is 0 Å². The van der Waals surface area contributed by atoms with Crippen molar-refractivity contribution < 1.29 is 0 Å². The van der Waals surface area contributed by atoms with Gasteiger partial charge in [0.05, 0.1) is 0 Å². The van der Waals surface area contributed by atoms with E-state index in [2.05, 4.69) is 25.7 Å². The van der Waals surface area contributed by atoms with Gasteiger partial charge in [0.1, 0.15) is 0 Å². The average molecular weight is 253 g/mol. The van der Waals surface area contributed by atoms with E-state index in [1.807, 2.05) is 13.8 Å². The van der Waals surface area contributed by atoms with Crippen LogP contribution in [0, 0.1) is 0 Å². The molecule has 0 rings (SSSR count). The summed E-state index contributed by atoms with van der Waals surface area (Å²) in [5, 5.41) is 0. The van der Waals surface area contributed by atoms with Crippen LogP contribution in [0.3, 0.4) is 0 Å². The Morgan fingerprint density at radius 2 is 1.39 bits per heavy atom. The first kappa shape index (κ1) is 19.6. The van der Waals surface area contributed by atoms with E-state index in [1.54, 1.807) is 0 Å². The predicted molar refractivity (Wildman–Crippen MR) is 85.7 cm³/mol. The number of unbranched alkanes of at least 4 members (excludes halogenated alkanes) is 7. The van der Waals surface area contributed by atoms with Crippen molar-refractivity contribution in [1.29, 1.82) is 0 Å². The summed E-state index contributed by atoms with van der Waals surface area (Å²) in [6.07, 6.45) is 17.4. The van der Waals surface area contributed by atoms with Crippen molar-refractivity contribution in [3.05, 3.63) is 24.4 Å². The average Bonchev–Trinajstić information content (AvgIpc) is 2.38. The minimum Gasteiger partial charge on any atom is -0.403 e. The molecule has 0 fully saturated rings. The molecular formula is C17H35N. The van der Waals surface area contributed by atoms with Gasteiger partial charge in [-0.05, 0) is 38.5 Å². The molecule has 0 spiro atoms. The van der Waals surface area contributed by atoms with Crippen molar-refractivity contribution in [3.8, 4) is 0 Å². The van der Waals surface area contributed by atoms with Crippen LogP contribution >= 0.6 is 0 Å². The summed E-state index contributed by atoms with van der Waals surface area (Å²) >= 11 is 0. The van der Waals surface area contributed by atoms with E-state index >= 15 is 0 Å². The fourth-order valence-corrected chi connectivity index (χ4v) is 1.72. The van der Waals surface area contributed by atoms with E-state index in [9.17, 15) is 0 Å². The van der Waals surface area contributed by atoms with Crippen molar-refractivity contribution in [3.63, 3.8) is 0 Å². The van der Waals surface area contributed by atoms with E-state index < -0.39 is 0 Å². The van der Waals surface area contributed by atoms with E-state index in [0.29, 0.717) is 0 Å². The zero-order chi connectivity index (χ0) is 14.1. The first-order valence-corrected chi connectivity index (χ1v) is 7.85. The predicted octanol–water partition coefficient (Wildman–Crippen LogP) is 5.96. The third-order valence-electron chi connectivity index (χ3n) is 2.76. The van der Waals surface area contributed by atoms with Crippen LogP contribution in [0.1, 0.15) is 85.0 Å². The lowest BCUT2D eigenvalue weighted by atomic mass is 10.1. The summed E-state index contributed by atoms with van der Waals surface area (Å²) in [4.78, 5) is 0. The Bertz CT molecular complexity index is 182. The highest BCUT2D eigenvalue weighted by Gasteiger charge is 1.89. The van der Waals surface area contributed by atoms with Crippen molar-refractivity contribution in [1.82, 2.24) is 0 Å². The van der Waals surface area contributed by atoms with E-state index in [1.165, 1.54) is 57.8 Å². The van der Waals surface area contributed by atoms with Gasteiger partial charge in [-0.2, -0.15) is 0 Å². The van der Waals surface area contributed by atoms with Gasteiger partial charge in [-0.3, -0.25) is 0 Å². The van der Waals surface area contributed by atoms with Gasteiger partial charge in [-0.1, -0.05) is 65.2 Å². The summed E-state index contributed by atoms with van der Waals surface area (Å²) < 4.78 is 0. The number of hydrogen-bond acceptors (Lipinski definition) is 1. The quantitative estimate of drug-likeness (QED) is 0.357. The van der Waals surface area contributed by atoms with Gasteiger partial charge < -0.3 is 5.73 Å². The van der Waals surface area contributed by atoms with Crippen LogP contribution in [0.15, 0.2) is 24.4 Å².